The SMILES string of the molecule is CC(=O)OCC1=C(C(=O)O)N2C(=O)[C@H](NC(=O)Cc3ccco3)[C@@H]2S(=O)(=O)C1. The highest BCUT2D eigenvalue weighted by atomic mass is 32.2. The summed E-state index contributed by atoms with van der Waals surface area (Å²) in [5.74, 6) is -4.16. The number of ether oxygens (including phenoxy) is 1. The Morgan fingerprint density at radius 1 is 1.39 bits per heavy atom. The van der Waals surface area contributed by atoms with Gasteiger partial charge in [-0.05, 0) is 12.1 Å². The van der Waals surface area contributed by atoms with Crippen molar-refractivity contribution >= 4 is 33.6 Å². The molecule has 2 N–H and O–H groups in total. The summed E-state index contributed by atoms with van der Waals surface area (Å²) >= 11 is 0. The molecule has 28 heavy (non-hydrogen) atoms. The summed E-state index contributed by atoms with van der Waals surface area (Å²) in [6.45, 7) is 0.517. The second-order valence-electron chi connectivity index (χ2n) is 6.24. The van der Waals surface area contributed by atoms with Gasteiger partial charge in [-0.15, -0.1) is 0 Å². The molecule has 150 valence electrons. The number of hydrogen-bond donors (Lipinski definition) is 2. The Bertz CT molecular complexity index is 978. The van der Waals surface area contributed by atoms with Crippen molar-refractivity contribution in [3.63, 3.8) is 0 Å². The van der Waals surface area contributed by atoms with Gasteiger partial charge in [-0.2, -0.15) is 0 Å². The van der Waals surface area contributed by atoms with E-state index in [2.05, 4.69) is 5.32 Å². The first-order valence-electron chi connectivity index (χ1n) is 8.07. The van der Waals surface area contributed by atoms with Gasteiger partial charge in [-0.3, -0.25) is 19.3 Å². The minimum atomic E-state index is -4.02. The van der Waals surface area contributed by atoms with Crippen molar-refractivity contribution in [2.45, 2.75) is 24.8 Å². The number of esters is 1. The molecule has 0 unspecified atom stereocenters. The third kappa shape index (κ3) is 3.50. The molecule has 2 aliphatic rings. The molecule has 3 rings (SSSR count). The molecule has 0 radical (unpaired) electrons. The van der Waals surface area contributed by atoms with Crippen molar-refractivity contribution in [1.82, 2.24) is 10.2 Å². The molecule has 1 fully saturated rings. The van der Waals surface area contributed by atoms with Crippen LogP contribution in [0.3, 0.4) is 0 Å². The van der Waals surface area contributed by atoms with Crippen LogP contribution in [0.1, 0.15) is 12.7 Å². The first-order valence-corrected chi connectivity index (χ1v) is 9.78. The van der Waals surface area contributed by atoms with Gasteiger partial charge in [0.15, 0.2) is 15.2 Å². The average molecular weight is 412 g/mol. The molecular weight excluding hydrogens is 396 g/mol. The lowest BCUT2D eigenvalue weighted by Crippen LogP contribution is -2.75. The highest BCUT2D eigenvalue weighted by Crippen LogP contribution is 2.36. The smallest absolute Gasteiger partial charge is 0.352 e. The highest BCUT2D eigenvalue weighted by molar-refractivity contribution is 7.92. The highest BCUT2D eigenvalue weighted by Gasteiger charge is 2.60. The molecule has 0 aliphatic carbocycles. The van der Waals surface area contributed by atoms with Crippen LogP contribution in [-0.2, 0) is 40.2 Å². The van der Waals surface area contributed by atoms with Gasteiger partial charge in [-0.25, -0.2) is 13.2 Å². The normalized spacial score (nSPS) is 22.9. The quantitative estimate of drug-likeness (QED) is 0.432. The second-order valence-corrected chi connectivity index (χ2v) is 8.34. The van der Waals surface area contributed by atoms with Crippen molar-refractivity contribution in [2.24, 2.45) is 0 Å². The molecule has 0 aromatic carbocycles. The number of carbonyl (C=O) groups excluding carboxylic acids is 3. The fourth-order valence-electron chi connectivity index (χ4n) is 3.12. The zero-order valence-corrected chi connectivity index (χ0v) is 15.4. The van der Waals surface area contributed by atoms with E-state index < -0.39 is 63.1 Å². The van der Waals surface area contributed by atoms with Crippen LogP contribution in [0.25, 0.3) is 0 Å². The van der Waals surface area contributed by atoms with Crippen LogP contribution in [-0.4, -0.2) is 66.0 Å². The molecule has 2 amide bonds. The summed E-state index contributed by atoms with van der Waals surface area (Å²) < 4.78 is 34.9. The van der Waals surface area contributed by atoms with Crippen LogP contribution >= 0.6 is 0 Å². The van der Waals surface area contributed by atoms with Gasteiger partial charge in [0.2, 0.25) is 5.91 Å². The number of hydrogen-bond acceptors (Lipinski definition) is 8. The number of β-lactam (4-membered cyclic amide) rings is 1. The Morgan fingerprint density at radius 2 is 2.11 bits per heavy atom. The number of carboxylic acid groups (broad SMARTS) is 1. The number of carboxylic acids is 1. The zero-order valence-electron chi connectivity index (χ0n) is 14.6. The van der Waals surface area contributed by atoms with Gasteiger partial charge in [0.25, 0.3) is 5.91 Å². The molecule has 12 heteroatoms. The lowest BCUT2D eigenvalue weighted by Gasteiger charge is -2.48. The Morgan fingerprint density at radius 3 is 2.68 bits per heavy atom. The molecular formula is C16H16N2O9S. The van der Waals surface area contributed by atoms with E-state index in [0.29, 0.717) is 10.7 Å². The Labute approximate surface area is 158 Å². The lowest BCUT2D eigenvalue weighted by molar-refractivity contribution is -0.151. The van der Waals surface area contributed by atoms with Crippen molar-refractivity contribution in [1.29, 1.82) is 0 Å². The van der Waals surface area contributed by atoms with E-state index >= 15 is 0 Å². The van der Waals surface area contributed by atoms with Gasteiger partial charge in [0.05, 0.1) is 18.4 Å². The van der Waals surface area contributed by atoms with Gasteiger partial charge in [-0.1, -0.05) is 0 Å². The van der Waals surface area contributed by atoms with Crippen molar-refractivity contribution < 1.29 is 41.9 Å². The van der Waals surface area contributed by atoms with Crippen LogP contribution in [0.15, 0.2) is 34.1 Å². The molecule has 1 aromatic rings. The maximum atomic E-state index is 12.6. The molecule has 0 spiro atoms. The number of nitrogens with one attached hydrogen (secondary N) is 1. The van der Waals surface area contributed by atoms with Gasteiger partial charge >= 0.3 is 11.9 Å². The second kappa shape index (κ2) is 7.11. The molecule has 11 nitrogen and oxygen atoms in total. The summed E-state index contributed by atoms with van der Waals surface area (Å²) in [7, 11) is -4.02. The minimum absolute atomic E-state index is 0.205. The van der Waals surface area contributed by atoms with E-state index in [0.717, 1.165) is 6.92 Å². The molecule has 0 bridgehead atoms. The maximum Gasteiger partial charge on any atom is 0.352 e. The summed E-state index contributed by atoms with van der Waals surface area (Å²) in [5.41, 5.74) is -0.768. The largest absolute Gasteiger partial charge is 0.477 e. The molecule has 3 heterocycles. The number of carbonyl (C=O) groups is 4. The van der Waals surface area contributed by atoms with Crippen LogP contribution in [0.2, 0.25) is 0 Å². The number of sulfone groups is 1. The van der Waals surface area contributed by atoms with Crippen LogP contribution < -0.4 is 5.32 Å². The molecule has 1 saturated heterocycles. The molecule has 1 aromatic heterocycles. The minimum Gasteiger partial charge on any atom is -0.477 e. The van der Waals surface area contributed by atoms with Crippen LogP contribution in [0.5, 0.6) is 0 Å². The Kier molecular flexibility index (Phi) is 4.98. The topological polar surface area (TPSA) is 160 Å². The molecule has 2 aliphatic heterocycles. The Hall–Kier alpha value is -3.15. The van der Waals surface area contributed by atoms with E-state index in [9.17, 15) is 32.7 Å². The summed E-state index contributed by atoms with van der Waals surface area (Å²) in [5, 5.41) is 10.2. The molecule has 0 saturated carbocycles. The number of amides is 2. The first kappa shape index (κ1) is 19.6. The standard InChI is InChI=1S/C16H16N2O9S/c1-8(19)27-6-9-7-28(24,25)15-12(14(21)18(15)13(9)16(22)23)17-11(20)5-10-3-2-4-26-10/h2-4,12,15H,5-7H2,1H3,(H,17,20)(H,22,23)/t12-,15-/m0/s1. The summed E-state index contributed by atoms with van der Waals surface area (Å²) in [6, 6.07) is 1.70. The third-order valence-electron chi connectivity index (χ3n) is 4.25. The van der Waals surface area contributed by atoms with Crippen molar-refractivity contribution in [2.75, 3.05) is 12.4 Å². The zero-order chi connectivity index (χ0) is 20.6. The number of rotatable bonds is 6. The van der Waals surface area contributed by atoms with Gasteiger partial charge in [0, 0.05) is 12.5 Å². The monoisotopic (exact) mass is 412 g/mol. The van der Waals surface area contributed by atoms with Crippen LogP contribution in [0.4, 0.5) is 0 Å². The number of nitrogens with zero attached hydrogens (tertiary/aromatic N) is 1. The average Bonchev–Trinajstić information content (AvgIpc) is 3.09. The fourth-order valence-corrected chi connectivity index (χ4v) is 5.12. The van der Waals surface area contributed by atoms with Crippen molar-refractivity contribution in [3.8, 4) is 0 Å². The van der Waals surface area contributed by atoms with E-state index in [-0.39, 0.29) is 12.0 Å². The number of fused-ring (bicyclic) bond motifs is 1. The predicted molar refractivity (Wildman–Crippen MR) is 90.1 cm³/mol. The van der Waals surface area contributed by atoms with Gasteiger partial charge in [0.1, 0.15) is 24.1 Å². The third-order valence-corrected chi connectivity index (χ3v) is 6.22. The maximum absolute atomic E-state index is 12.6. The van der Waals surface area contributed by atoms with E-state index in [4.69, 9.17) is 9.15 Å². The first-order chi connectivity index (χ1) is 13.1. The van der Waals surface area contributed by atoms with Crippen molar-refractivity contribution in [3.05, 3.63) is 35.4 Å². The number of furan rings is 1. The summed E-state index contributed by atoms with van der Waals surface area (Å²) in [4.78, 5) is 47.7. The van der Waals surface area contributed by atoms with Crippen LogP contribution in [0, 0.1) is 0 Å². The summed E-state index contributed by atoms with van der Waals surface area (Å²) in [6.07, 6.45) is 1.15. The van der Waals surface area contributed by atoms with Gasteiger partial charge < -0.3 is 19.6 Å². The predicted octanol–water partition coefficient (Wildman–Crippen LogP) is -1.19. The lowest BCUT2D eigenvalue weighted by atomic mass is 10.0. The molecule has 2 atom stereocenters. The Balaban J connectivity index is 1.84. The number of aliphatic carboxylic acids is 1. The van der Waals surface area contributed by atoms with E-state index in [1.54, 1.807) is 12.1 Å². The van der Waals surface area contributed by atoms with E-state index in [1.807, 2.05) is 0 Å². The fraction of sp³-hybridized carbons (Fsp3) is 0.375. The van der Waals surface area contributed by atoms with E-state index in [1.165, 1.54) is 6.26 Å².